The fourth-order valence-corrected chi connectivity index (χ4v) is 4.75. The molecule has 0 unspecified atom stereocenters. The lowest BCUT2D eigenvalue weighted by Gasteiger charge is -2.17. The van der Waals surface area contributed by atoms with E-state index in [9.17, 15) is 14.0 Å². The molecule has 1 aliphatic heterocycles. The third-order valence-electron chi connectivity index (χ3n) is 5.51. The van der Waals surface area contributed by atoms with Gasteiger partial charge in [0.25, 0.3) is 11.8 Å². The summed E-state index contributed by atoms with van der Waals surface area (Å²) in [5, 5.41) is 3.34. The fraction of sp³-hybridized carbons (Fsp3) is 0.120. The van der Waals surface area contributed by atoms with Crippen LogP contribution in [0.2, 0.25) is 0 Å². The predicted octanol–water partition coefficient (Wildman–Crippen LogP) is 5.11. The number of amides is 2. The molecule has 8 heteroatoms. The maximum absolute atomic E-state index is 13.6. The van der Waals surface area contributed by atoms with Gasteiger partial charge in [-0.3, -0.25) is 19.9 Å². The zero-order chi connectivity index (χ0) is 22.9. The average Bonchev–Trinajstić information content (AvgIpc) is 3.41. The number of anilines is 2. The van der Waals surface area contributed by atoms with E-state index in [1.165, 1.54) is 29.7 Å². The summed E-state index contributed by atoms with van der Waals surface area (Å²) < 4.78 is 13.6. The highest BCUT2D eigenvalue weighted by atomic mass is 32.1. The number of hydrogen-bond acceptors (Lipinski definition) is 5. The van der Waals surface area contributed by atoms with E-state index in [0.29, 0.717) is 29.2 Å². The molecule has 33 heavy (non-hydrogen) atoms. The van der Waals surface area contributed by atoms with Gasteiger partial charge >= 0.3 is 0 Å². The summed E-state index contributed by atoms with van der Waals surface area (Å²) >= 11 is 1.41. The number of carbonyl (C=O) groups is 2. The molecule has 0 saturated carbocycles. The van der Waals surface area contributed by atoms with Crippen LogP contribution >= 0.6 is 11.3 Å². The number of pyridine rings is 1. The monoisotopic (exact) mass is 458 g/mol. The molecule has 3 heterocycles. The summed E-state index contributed by atoms with van der Waals surface area (Å²) in [6.45, 7) is 2.50. The molecule has 0 saturated heterocycles. The molecule has 0 fully saturated rings. The zero-order valence-corrected chi connectivity index (χ0v) is 18.5. The van der Waals surface area contributed by atoms with E-state index in [-0.39, 0.29) is 11.8 Å². The minimum absolute atomic E-state index is 0.216. The Balaban J connectivity index is 1.38. The van der Waals surface area contributed by atoms with Crippen LogP contribution in [-0.2, 0) is 6.42 Å². The van der Waals surface area contributed by atoms with Gasteiger partial charge in [-0.15, -0.1) is 11.3 Å². The molecular formula is C25H19FN4O2S. The van der Waals surface area contributed by atoms with Gasteiger partial charge < -0.3 is 4.90 Å². The Morgan fingerprint density at radius 3 is 2.73 bits per heavy atom. The van der Waals surface area contributed by atoms with Crippen LogP contribution < -0.4 is 10.2 Å². The number of halogens is 1. The highest BCUT2D eigenvalue weighted by molar-refractivity contribution is 7.16. The highest BCUT2D eigenvalue weighted by Crippen LogP contribution is 2.36. The second-order valence-electron chi connectivity index (χ2n) is 7.68. The first kappa shape index (κ1) is 21.0. The van der Waals surface area contributed by atoms with Crippen molar-refractivity contribution in [2.75, 3.05) is 16.8 Å². The Hall–Kier alpha value is -3.91. The smallest absolute Gasteiger partial charge is 0.259 e. The SMILES string of the molecule is Cc1sc(NC(=O)c2cccnc2)nc1-c1ccc2c(c1)CCN2C(=O)c1cccc(F)c1. The van der Waals surface area contributed by atoms with E-state index in [1.807, 2.05) is 25.1 Å². The molecule has 1 aliphatic rings. The Kier molecular flexibility index (Phi) is 5.43. The molecule has 1 N–H and O–H groups in total. The fourth-order valence-electron chi connectivity index (χ4n) is 3.92. The van der Waals surface area contributed by atoms with Crippen molar-refractivity contribution in [1.82, 2.24) is 9.97 Å². The molecule has 164 valence electrons. The maximum Gasteiger partial charge on any atom is 0.259 e. The number of fused-ring (bicyclic) bond motifs is 1. The number of aromatic nitrogens is 2. The summed E-state index contributed by atoms with van der Waals surface area (Å²) in [5.74, 6) is -0.906. The standard InChI is InChI=1S/C25H19FN4O2S/c1-15-22(28-25(33-15)29-23(31)19-5-3-10-27-14-19)17-7-8-21-16(12-17)9-11-30(21)24(32)18-4-2-6-20(26)13-18/h2-8,10,12-14H,9,11H2,1H3,(H,28,29,31). The topological polar surface area (TPSA) is 75.2 Å². The van der Waals surface area contributed by atoms with Gasteiger partial charge in [0.15, 0.2) is 5.13 Å². The third kappa shape index (κ3) is 4.12. The minimum atomic E-state index is -0.430. The molecule has 5 rings (SSSR count). The number of carbonyl (C=O) groups excluding carboxylic acids is 2. The van der Waals surface area contributed by atoms with Crippen LogP contribution in [0, 0.1) is 12.7 Å². The number of rotatable bonds is 4. The molecule has 2 aromatic heterocycles. The molecule has 2 aromatic carbocycles. The number of nitrogens with one attached hydrogen (secondary N) is 1. The van der Waals surface area contributed by atoms with Crippen molar-refractivity contribution < 1.29 is 14.0 Å². The quantitative estimate of drug-likeness (QED) is 0.461. The van der Waals surface area contributed by atoms with Gasteiger partial charge in [0.1, 0.15) is 5.82 Å². The molecule has 6 nitrogen and oxygen atoms in total. The van der Waals surface area contributed by atoms with Gasteiger partial charge in [-0.1, -0.05) is 12.1 Å². The Labute approximate surface area is 193 Å². The second-order valence-corrected chi connectivity index (χ2v) is 8.88. The van der Waals surface area contributed by atoms with Crippen molar-refractivity contribution in [2.45, 2.75) is 13.3 Å². The highest BCUT2D eigenvalue weighted by Gasteiger charge is 2.26. The van der Waals surface area contributed by atoms with Crippen molar-refractivity contribution in [3.63, 3.8) is 0 Å². The molecule has 0 atom stereocenters. The molecular weight excluding hydrogens is 439 g/mol. The average molecular weight is 459 g/mol. The lowest BCUT2D eigenvalue weighted by Crippen LogP contribution is -2.28. The third-order valence-corrected chi connectivity index (χ3v) is 6.39. The molecule has 0 bridgehead atoms. The van der Waals surface area contributed by atoms with Crippen molar-refractivity contribution in [1.29, 1.82) is 0 Å². The van der Waals surface area contributed by atoms with Gasteiger partial charge in [-0.05, 0) is 61.4 Å². The van der Waals surface area contributed by atoms with Gasteiger partial charge in [0.05, 0.1) is 11.3 Å². The summed E-state index contributed by atoms with van der Waals surface area (Å²) in [6.07, 6.45) is 3.83. The Morgan fingerprint density at radius 1 is 1.09 bits per heavy atom. The van der Waals surface area contributed by atoms with Crippen molar-refractivity contribution >= 4 is 34.0 Å². The van der Waals surface area contributed by atoms with E-state index in [0.717, 1.165) is 27.4 Å². The predicted molar refractivity (Wildman–Crippen MR) is 126 cm³/mol. The summed E-state index contributed by atoms with van der Waals surface area (Å²) in [5.41, 5.74) is 4.36. The first-order chi connectivity index (χ1) is 16.0. The second kappa shape index (κ2) is 8.55. The first-order valence-electron chi connectivity index (χ1n) is 10.4. The van der Waals surface area contributed by atoms with Crippen LogP contribution in [0.5, 0.6) is 0 Å². The van der Waals surface area contributed by atoms with E-state index in [4.69, 9.17) is 0 Å². The summed E-state index contributed by atoms with van der Waals surface area (Å²) in [7, 11) is 0. The lowest BCUT2D eigenvalue weighted by atomic mass is 10.1. The largest absolute Gasteiger partial charge is 0.308 e. The summed E-state index contributed by atoms with van der Waals surface area (Å²) in [4.78, 5) is 36.6. The number of thiazole rings is 1. The van der Waals surface area contributed by atoms with E-state index >= 15 is 0 Å². The Morgan fingerprint density at radius 2 is 1.94 bits per heavy atom. The molecule has 0 spiro atoms. The number of nitrogens with zero attached hydrogens (tertiary/aromatic N) is 3. The van der Waals surface area contributed by atoms with E-state index in [1.54, 1.807) is 35.4 Å². The van der Waals surface area contributed by atoms with Crippen LogP contribution in [0.1, 0.15) is 31.2 Å². The van der Waals surface area contributed by atoms with Crippen LogP contribution in [0.15, 0.2) is 67.0 Å². The molecule has 4 aromatic rings. The number of aryl methyl sites for hydroxylation is 1. The van der Waals surface area contributed by atoms with Crippen molar-refractivity contribution in [3.05, 3.63) is 94.4 Å². The zero-order valence-electron chi connectivity index (χ0n) is 17.7. The lowest BCUT2D eigenvalue weighted by molar-refractivity contribution is 0.0987. The molecule has 0 radical (unpaired) electrons. The summed E-state index contributed by atoms with van der Waals surface area (Å²) in [6, 6.07) is 15.0. The minimum Gasteiger partial charge on any atom is -0.308 e. The van der Waals surface area contributed by atoms with Crippen molar-refractivity contribution in [2.24, 2.45) is 0 Å². The number of hydrogen-bond donors (Lipinski definition) is 1. The maximum atomic E-state index is 13.6. The van der Waals surface area contributed by atoms with Crippen LogP contribution in [0.25, 0.3) is 11.3 Å². The van der Waals surface area contributed by atoms with Crippen LogP contribution in [0.4, 0.5) is 15.2 Å². The Bertz CT molecular complexity index is 1370. The number of benzene rings is 2. The van der Waals surface area contributed by atoms with Gasteiger partial charge in [0, 0.05) is 40.6 Å². The van der Waals surface area contributed by atoms with Gasteiger partial charge in [0.2, 0.25) is 0 Å². The van der Waals surface area contributed by atoms with Gasteiger partial charge in [-0.2, -0.15) is 0 Å². The first-order valence-corrected chi connectivity index (χ1v) is 11.2. The molecule has 2 amide bonds. The van der Waals surface area contributed by atoms with E-state index < -0.39 is 5.82 Å². The van der Waals surface area contributed by atoms with Crippen molar-refractivity contribution in [3.8, 4) is 11.3 Å². The normalized spacial score (nSPS) is 12.5. The van der Waals surface area contributed by atoms with Gasteiger partial charge in [-0.25, -0.2) is 9.37 Å². The van der Waals surface area contributed by atoms with Crippen LogP contribution in [-0.4, -0.2) is 28.3 Å². The van der Waals surface area contributed by atoms with E-state index in [2.05, 4.69) is 15.3 Å². The van der Waals surface area contributed by atoms with Crippen LogP contribution in [0.3, 0.4) is 0 Å². The molecule has 0 aliphatic carbocycles.